The third kappa shape index (κ3) is 2.63. The second-order valence-electron chi connectivity index (χ2n) is 5.30. The lowest BCUT2D eigenvalue weighted by molar-refractivity contribution is 0.0998. The van der Waals surface area contributed by atoms with Crippen LogP contribution in [0, 0.1) is 6.92 Å². The van der Waals surface area contributed by atoms with Crippen LogP contribution < -0.4 is 5.32 Å². The number of hydrogen-bond acceptors (Lipinski definition) is 5. The van der Waals surface area contributed by atoms with Gasteiger partial charge in [0.1, 0.15) is 11.4 Å². The van der Waals surface area contributed by atoms with Crippen molar-refractivity contribution in [3.05, 3.63) is 60.4 Å². The van der Waals surface area contributed by atoms with E-state index in [1.165, 1.54) is 0 Å². The Labute approximate surface area is 136 Å². The molecule has 1 aromatic carbocycles. The average Bonchev–Trinajstić information content (AvgIpc) is 3.21. The van der Waals surface area contributed by atoms with Gasteiger partial charge in [0.25, 0.3) is 5.91 Å². The fourth-order valence-corrected chi connectivity index (χ4v) is 2.36. The summed E-state index contributed by atoms with van der Waals surface area (Å²) < 4.78 is 5.52. The molecular formula is C17H13N5O2. The molecule has 0 unspecified atom stereocenters. The second kappa shape index (κ2) is 5.62. The summed E-state index contributed by atoms with van der Waals surface area (Å²) >= 11 is 0. The average molecular weight is 319 g/mol. The number of furan rings is 1. The lowest BCUT2D eigenvalue weighted by Gasteiger charge is -2.03. The molecule has 0 aliphatic carbocycles. The number of aryl methyl sites for hydroxylation is 1. The molecule has 3 heterocycles. The van der Waals surface area contributed by atoms with Crippen molar-refractivity contribution >= 4 is 22.6 Å². The second-order valence-corrected chi connectivity index (χ2v) is 5.30. The Kier molecular flexibility index (Phi) is 3.31. The van der Waals surface area contributed by atoms with E-state index in [0.29, 0.717) is 17.1 Å². The van der Waals surface area contributed by atoms with E-state index >= 15 is 0 Å². The molecule has 0 saturated carbocycles. The molecular weight excluding hydrogens is 306 g/mol. The van der Waals surface area contributed by atoms with Crippen LogP contribution in [-0.2, 0) is 0 Å². The molecule has 24 heavy (non-hydrogen) atoms. The van der Waals surface area contributed by atoms with Gasteiger partial charge in [0.05, 0.1) is 0 Å². The van der Waals surface area contributed by atoms with Gasteiger partial charge in [-0.2, -0.15) is 5.10 Å². The predicted octanol–water partition coefficient (Wildman–Crippen LogP) is 3.17. The zero-order valence-electron chi connectivity index (χ0n) is 12.8. The maximum absolute atomic E-state index is 12.3. The summed E-state index contributed by atoms with van der Waals surface area (Å²) in [6, 6.07) is 10.7. The number of amides is 1. The summed E-state index contributed by atoms with van der Waals surface area (Å²) in [4.78, 5) is 20.6. The van der Waals surface area contributed by atoms with Crippen molar-refractivity contribution in [1.29, 1.82) is 0 Å². The van der Waals surface area contributed by atoms with Gasteiger partial charge in [-0.05, 0) is 43.3 Å². The topological polar surface area (TPSA) is 96.7 Å². The lowest BCUT2D eigenvalue weighted by atomic mass is 10.2. The number of aromatic amines is 1. The summed E-state index contributed by atoms with van der Waals surface area (Å²) in [6.45, 7) is 1.84. The summed E-state index contributed by atoms with van der Waals surface area (Å²) in [5.74, 6) is 1.30. The molecule has 0 bridgehead atoms. The Hall–Kier alpha value is -3.48. The van der Waals surface area contributed by atoms with E-state index in [1.807, 2.05) is 19.1 Å². The van der Waals surface area contributed by atoms with Gasteiger partial charge in [0.15, 0.2) is 11.6 Å². The highest BCUT2D eigenvalue weighted by molar-refractivity contribution is 6.04. The summed E-state index contributed by atoms with van der Waals surface area (Å²) in [6.07, 6.45) is 3.28. The van der Waals surface area contributed by atoms with Gasteiger partial charge in [-0.1, -0.05) is 0 Å². The first-order chi connectivity index (χ1) is 11.7. The van der Waals surface area contributed by atoms with Crippen LogP contribution in [0.1, 0.15) is 16.4 Å². The van der Waals surface area contributed by atoms with Gasteiger partial charge in [0, 0.05) is 29.0 Å². The number of nitrogens with zero attached hydrogens (tertiary/aromatic N) is 3. The first kappa shape index (κ1) is 14.1. The Balaban J connectivity index is 1.53. The largest absolute Gasteiger partial charge is 0.451 e. The van der Waals surface area contributed by atoms with E-state index in [4.69, 9.17) is 4.42 Å². The third-order valence-corrected chi connectivity index (χ3v) is 3.54. The minimum absolute atomic E-state index is 0.242. The van der Waals surface area contributed by atoms with Crippen LogP contribution in [0.3, 0.4) is 0 Å². The maximum atomic E-state index is 12.3. The highest BCUT2D eigenvalue weighted by atomic mass is 16.3. The Morgan fingerprint density at radius 2 is 2.04 bits per heavy atom. The SMILES string of the molecule is Cc1nc(-c2ccc(NC(=O)c3cc4cnccc4o3)cc2)n[nH]1. The summed E-state index contributed by atoms with van der Waals surface area (Å²) in [7, 11) is 0. The number of pyridine rings is 1. The zero-order chi connectivity index (χ0) is 16.5. The molecule has 7 heteroatoms. The third-order valence-electron chi connectivity index (χ3n) is 3.54. The molecule has 3 aromatic heterocycles. The van der Waals surface area contributed by atoms with Gasteiger partial charge in [-0.3, -0.25) is 14.9 Å². The van der Waals surface area contributed by atoms with Gasteiger partial charge in [-0.25, -0.2) is 4.98 Å². The zero-order valence-corrected chi connectivity index (χ0v) is 12.8. The number of H-pyrrole nitrogens is 1. The standard InChI is InChI=1S/C17H13N5O2/c1-10-19-16(22-21-10)11-2-4-13(5-3-11)20-17(23)15-8-12-9-18-7-6-14(12)24-15/h2-9H,1H3,(H,20,23)(H,19,21,22). The van der Waals surface area contributed by atoms with Crippen LogP contribution in [0.4, 0.5) is 5.69 Å². The van der Waals surface area contributed by atoms with E-state index in [1.54, 1.807) is 36.7 Å². The normalized spacial score (nSPS) is 10.9. The highest BCUT2D eigenvalue weighted by Crippen LogP contribution is 2.21. The van der Waals surface area contributed by atoms with E-state index < -0.39 is 0 Å². The Morgan fingerprint density at radius 3 is 2.75 bits per heavy atom. The fraction of sp³-hybridized carbons (Fsp3) is 0.0588. The van der Waals surface area contributed by atoms with Crippen LogP contribution in [0.5, 0.6) is 0 Å². The minimum Gasteiger partial charge on any atom is -0.451 e. The molecule has 7 nitrogen and oxygen atoms in total. The molecule has 0 atom stereocenters. The van der Waals surface area contributed by atoms with Crippen molar-refractivity contribution in [2.45, 2.75) is 6.92 Å². The van der Waals surface area contributed by atoms with Crippen LogP contribution in [0.15, 0.2) is 53.2 Å². The number of rotatable bonds is 3. The maximum Gasteiger partial charge on any atom is 0.291 e. The van der Waals surface area contributed by atoms with E-state index in [0.717, 1.165) is 16.8 Å². The molecule has 0 aliphatic rings. The van der Waals surface area contributed by atoms with Gasteiger partial charge >= 0.3 is 0 Å². The number of fused-ring (bicyclic) bond motifs is 1. The van der Waals surface area contributed by atoms with Crippen molar-refractivity contribution in [2.24, 2.45) is 0 Å². The van der Waals surface area contributed by atoms with Crippen molar-refractivity contribution in [2.75, 3.05) is 5.32 Å². The quantitative estimate of drug-likeness (QED) is 0.604. The van der Waals surface area contributed by atoms with Crippen LogP contribution in [-0.4, -0.2) is 26.1 Å². The van der Waals surface area contributed by atoms with E-state index in [-0.39, 0.29) is 11.7 Å². The van der Waals surface area contributed by atoms with Gasteiger partial charge in [0.2, 0.25) is 0 Å². The Bertz CT molecular complexity index is 984. The smallest absolute Gasteiger partial charge is 0.291 e. The van der Waals surface area contributed by atoms with Gasteiger partial charge in [-0.15, -0.1) is 0 Å². The number of hydrogen-bond donors (Lipinski definition) is 2. The number of anilines is 1. The number of nitrogens with one attached hydrogen (secondary N) is 2. The van der Waals surface area contributed by atoms with Crippen molar-refractivity contribution in [3.8, 4) is 11.4 Å². The lowest BCUT2D eigenvalue weighted by Crippen LogP contribution is -2.10. The number of carbonyl (C=O) groups is 1. The van der Waals surface area contributed by atoms with E-state index in [9.17, 15) is 4.79 Å². The van der Waals surface area contributed by atoms with Gasteiger partial charge < -0.3 is 9.73 Å². The molecule has 2 N–H and O–H groups in total. The number of carbonyl (C=O) groups excluding carboxylic acids is 1. The van der Waals surface area contributed by atoms with Crippen molar-refractivity contribution in [1.82, 2.24) is 20.2 Å². The number of aromatic nitrogens is 4. The molecule has 0 fully saturated rings. The summed E-state index contributed by atoms with van der Waals surface area (Å²) in [5.41, 5.74) is 2.16. The molecule has 4 aromatic rings. The molecule has 118 valence electrons. The molecule has 1 amide bonds. The summed E-state index contributed by atoms with van der Waals surface area (Å²) in [5, 5.41) is 10.5. The monoisotopic (exact) mass is 319 g/mol. The van der Waals surface area contributed by atoms with Crippen LogP contribution >= 0.6 is 0 Å². The van der Waals surface area contributed by atoms with Crippen LogP contribution in [0.25, 0.3) is 22.4 Å². The Morgan fingerprint density at radius 1 is 1.21 bits per heavy atom. The minimum atomic E-state index is -0.312. The van der Waals surface area contributed by atoms with Crippen molar-refractivity contribution < 1.29 is 9.21 Å². The first-order valence-electron chi connectivity index (χ1n) is 7.33. The first-order valence-corrected chi connectivity index (χ1v) is 7.33. The predicted molar refractivity (Wildman–Crippen MR) is 88.5 cm³/mol. The van der Waals surface area contributed by atoms with E-state index in [2.05, 4.69) is 25.5 Å². The molecule has 0 spiro atoms. The molecule has 0 aliphatic heterocycles. The highest BCUT2D eigenvalue weighted by Gasteiger charge is 2.13. The van der Waals surface area contributed by atoms with Crippen LogP contribution in [0.2, 0.25) is 0 Å². The molecule has 0 radical (unpaired) electrons. The fourth-order valence-electron chi connectivity index (χ4n) is 2.36. The van der Waals surface area contributed by atoms with Crippen molar-refractivity contribution in [3.63, 3.8) is 0 Å². The number of benzene rings is 1. The molecule has 0 saturated heterocycles. The molecule has 4 rings (SSSR count).